The number of anilines is 2. The summed E-state index contributed by atoms with van der Waals surface area (Å²) in [4.78, 5) is 46.5. The topological polar surface area (TPSA) is 314 Å². The fourth-order valence-electron chi connectivity index (χ4n) is 8.19. The number of imidazole rings is 2. The van der Waals surface area contributed by atoms with Crippen LogP contribution in [0.1, 0.15) is 43.0 Å². The predicted octanol–water partition coefficient (Wildman–Crippen LogP) is 0.832. The second kappa shape index (κ2) is 16.4. The van der Waals surface area contributed by atoms with E-state index in [1.165, 1.54) is 0 Å². The van der Waals surface area contributed by atoms with Gasteiger partial charge in [0.25, 0.3) is 22.8 Å². The van der Waals surface area contributed by atoms with Gasteiger partial charge in [-0.05, 0) is 42.7 Å². The van der Waals surface area contributed by atoms with Crippen molar-refractivity contribution in [3.8, 4) is 5.75 Å². The van der Waals surface area contributed by atoms with Gasteiger partial charge in [-0.1, -0.05) is 72.8 Å². The number of nitrogens with zero attached hydrogens (tertiary/aromatic N) is 6. The minimum Gasteiger partial charge on any atom is -0.497 e. The smallest absolute Gasteiger partial charge is 0.280 e. The summed E-state index contributed by atoms with van der Waals surface area (Å²) in [6, 6.07) is 26.7. The van der Waals surface area contributed by atoms with E-state index in [1.807, 2.05) is 84.9 Å². The first-order valence-electron chi connectivity index (χ1n) is 19.8. The largest absolute Gasteiger partial charge is 0.497 e. The Bertz CT molecular complexity index is 2910. The zero-order valence-electron chi connectivity index (χ0n) is 34.7. The number of nitrogen functional groups attached to an aromatic ring is 1. The van der Waals surface area contributed by atoms with E-state index in [-0.39, 0.29) is 34.2 Å². The molecule has 0 saturated carbocycles. The fraction of sp³-hybridized carbons (Fsp3) is 0.333. The van der Waals surface area contributed by atoms with Crippen LogP contribution >= 0.6 is 0 Å². The van der Waals surface area contributed by atoms with Crippen LogP contribution in [0.25, 0.3) is 22.3 Å². The number of benzene rings is 3. The van der Waals surface area contributed by atoms with Crippen LogP contribution in [0.4, 0.5) is 20.7 Å². The zero-order chi connectivity index (χ0) is 46.7. The maximum absolute atomic E-state index is 15.1. The van der Waals surface area contributed by atoms with E-state index in [1.54, 1.807) is 7.11 Å². The summed E-state index contributed by atoms with van der Waals surface area (Å²) in [6.07, 6.45) is -4.89. The molecule has 65 heavy (non-hydrogen) atoms. The van der Waals surface area contributed by atoms with Crippen molar-refractivity contribution in [1.29, 1.82) is 0 Å². The van der Waals surface area contributed by atoms with Crippen LogP contribution in [0.15, 0.2) is 107 Å². The minimum absolute atomic E-state index is 0.0367. The fourth-order valence-corrected chi connectivity index (χ4v) is 8.19. The van der Waals surface area contributed by atoms with E-state index in [0.29, 0.717) is 5.75 Å². The molecule has 11 N–H and O–H groups in total. The Morgan fingerprint density at radius 3 is 1.60 bits per heavy atom. The van der Waals surface area contributed by atoms with Gasteiger partial charge < -0.3 is 55.9 Å². The number of H-pyrrole nitrogens is 2. The number of halogens is 2. The third-order valence-corrected chi connectivity index (χ3v) is 11.6. The minimum atomic E-state index is -2.95. The lowest BCUT2D eigenvalue weighted by Crippen LogP contribution is -2.48. The number of ether oxygens (including phenoxy) is 3. The molecule has 0 unspecified atom stereocenters. The van der Waals surface area contributed by atoms with Gasteiger partial charge in [-0.15, -0.1) is 0 Å². The highest BCUT2D eigenvalue weighted by atomic mass is 19.2. The molecule has 0 spiro atoms. The highest BCUT2D eigenvalue weighted by Crippen LogP contribution is 2.47. The molecule has 2 fully saturated rings. The number of hydrogen-bond acceptors (Lipinski definition) is 17. The van der Waals surface area contributed by atoms with Crippen LogP contribution in [0.3, 0.4) is 0 Å². The molecular formula is C42H44F2N10O11. The average molecular weight is 903 g/mol. The molecular weight excluding hydrogens is 859 g/mol. The van der Waals surface area contributed by atoms with Gasteiger partial charge >= 0.3 is 0 Å². The Labute approximate surface area is 365 Å². The Balaban J connectivity index is 0.000000219. The van der Waals surface area contributed by atoms with Gasteiger partial charge in [0.15, 0.2) is 34.8 Å². The van der Waals surface area contributed by atoms with Gasteiger partial charge in [0.1, 0.15) is 47.9 Å². The second-order valence-corrected chi connectivity index (χ2v) is 15.9. The zero-order valence-corrected chi connectivity index (χ0v) is 34.7. The molecule has 3 aromatic carbocycles. The molecule has 0 aliphatic carbocycles. The molecule has 6 heterocycles. The molecule has 21 nitrogen and oxygen atoms in total. The van der Waals surface area contributed by atoms with E-state index in [9.17, 15) is 39.5 Å². The summed E-state index contributed by atoms with van der Waals surface area (Å²) < 4.78 is 47.4. The number of alkyl halides is 2. The molecule has 23 heteroatoms. The maximum atomic E-state index is 15.1. The maximum Gasteiger partial charge on any atom is 0.280 e. The summed E-state index contributed by atoms with van der Waals surface area (Å²) in [5.74, 6) is -5.32. The average Bonchev–Trinajstić information content (AvgIpc) is 4.02. The predicted molar refractivity (Wildman–Crippen MR) is 225 cm³/mol. The number of aliphatic hydroxyl groups excluding tert-OH is 4. The first-order chi connectivity index (χ1) is 30.8. The molecule has 0 radical (unpaired) electrons. The number of aromatic nitrogens is 8. The van der Waals surface area contributed by atoms with Gasteiger partial charge in [-0.3, -0.25) is 28.7 Å². The Morgan fingerprint density at radius 1 is 0.738 bits per heavy atom. The summed E-state index contributed by atoms with van der Waals surface area (Å²) >= 11 is 0. The summed E-state index contributed by atoms with van der Waals surface area (Å²) in [5, 5.41) is 63.7. The Morgan fingerprint density at radius 2 is 1.17 bits per heavy atom. The van der Waals surface area contributed by atoms with Crippen molar-refractivity contribution in [2.24, 2.45) is 0 Å². The van der Waals surface area contributed by atoms with Crippen molar-refractivity contribution in [1.82, 2.24) is 39.0 Å². The molecule has 7 aromatic rings. The van der Waals surface area contributed by atoms with E-state index >= 15 is 4.39 Å². The lowest BCUT2D eigenvalue weighted by atomic mass is 9.77. The molecule has 342 valence electrons. The first kappa shape index (κ1) is 44.9. The van der Waals surface area contributed by atoms with Gasteiger partial charge in [0.05, 0.1) is 19.8 Å². The van der Waals surface area contributed by atoms with Crippen LogP contribution in [0.5, 0.6) is 5.75 Å². The van der Waals surface area contributed by atoms with Crippen molar-refractivity contribution in [2.75, 3.05) is 31.4 Å². The Kier molecular flexibility index (Phi) is 11.3. The molecule has 9 rings (SSSR count). The lowest BCUT2D eigenvalue weighted by Gasteiger charge is -2.37. The number of nitrogens with one attached hydrogen (secondary N) is 3. The summed E-state index contributed by atoms with van der Waals surface area (Å²) in [7, 11) is 1.58. The third kappa shape index (κ3) is 7.36. The highest BCUT2D eigenvalue weighted by Gasteiger charge is 2.64. The van der Waals surface area contributed by atoms with Gasteiger partial charge in [-0.25, -0.2) is 18.7 Å². The number of nitrogens with two attached hydrogens (primary N) is 1. The second-order valence-electron chi connectivity index (χ2n) is 15.9. The number of rotatable bonds is 10. The molecule has 0 bridgehead atoms. The quantitative estimate of drug-likeness (QED) is 0.0850. The number of aliphatic hydroxyl groups is 6. The molecule has 0 amide bonds. The standard InChI is InChI=1S/C31H30FN5O6.C11H14FN5O5/c1-29(41)26(40)30(32,17-38)43-27(29)37-18-33-23-24(37)34-28(35-25(23)39)36-31(19-9-5-3-6-10-19,20-11-7-4-8-12-20)21-13-15-22(42-2)16-14-21;1-10(21)7(20)11(12,2-18)22-8(10)17-3-14-4-5(17)15-9(13)16-6(4)19/h3-16,18,26-27,38,40-41H,17H2,1-2H3,(H2,34,35,36,39);3,7-8,18,20-21H,2H2,1H3,(H3,13,15,16,19)/t26-,27+,29+,30+;7-,8+,10+,11+/m00/s1. The van der Waals surface area contributed by atoms with Crippen molar-refractivity contribution in [3.05, 3.63) is 135 Å². The molecule has 2 aliphatic rings. The number of aromatic amines is 2. The van der Waals surface area contributed by atoms with Crippen LogP contribution in [-0.2, 0) is 15.0 Å². The third-order valence-electron chi connectivity index (χ3n) is 11.6. The molecule has 8 atom stereocenters. The van der Waals surface area contributed by atoms with Crippen molar-refractivity contribution >= 4 is 34.2 Å². The molecule has 4 aromatic heterocycles. The van der Waals surface area contributed by atoms with Gasteiger partial charge in [-0.2, -0.15) is 9.97 Å². The Hall–Kier alpha value is -6.70. The monoisotopic (exact) mass is 902 g/mol. The van der Waals surface area contributed by atoms with Gasteiger partial charge in [0.2, 0.25) is 11.9 Å². The number of methoxy groups -OCH3 is 1. The lowest BCUT2D eigenvalue weighted by molar-refractivity contribution is -0.206. The SMILES string of the molecule is COc1ccc(C(Nc2nc3c(ncn3[C@@H]3O[C@](F)(CO)[C@@H](O)[C@@]3(C)O)c(=O)[nH]2)(c2ccccc2)c2ccccc2)cc1.C[C@]1(O)[C@H](n2cnc3c(=O)[nH]c(N)nc32)O[C@](F)(CO)[C@H]1O. The van der Waals surface area contributed by atoms with E-state index in [4.69, 9.17) is 25.1 Å². The van der Waals surface area contributed by atoms with Crippen LogP contribution in [0.2, 0.25) is 0 Å². The summed E-state index contributed by atoms with van der Waals surface area (Å²) in [6.45, 7) is -0.0743. The van der Waals surface area contributed by atoms with E-state index in [0.717, 1.165) is 52.3 Å². The van der Waals surface area contributed by atoms with Crippen molar-refractivity contribution < 1.29 is 53.6 Å². The van der Waals surface area contributed by atoms with Crippen molar-refractivity contribution in [2.45, 2.75) is 67.0 Å². The number of hydrogen-bond donors (Lipinski definition) is 10. The van der Waals surface area contributed by atoms with Crippen molar-refractivity contribution in [3.63, 3.8) is 0 Å². The number of fused-ring (bicyclic) bond motifs is 2. The van der Waals surface area contributed by atoms with E-state index in [2.05, 4.69) is 35.2 Å². The molecule has 2 aliphatic heterocycles. The normalized spacial score (nSPS) is 27.7. The molecule has 2 saturated heterocycles. The van der Waals surface area contributed by atoms with Crippen LogP contribution in [0, 0.1) is 0 Å². The highest BCUT2D eigenvalue weighted by molar-refractivity contribution is 5.72. The van der Waals surface area contributed by atoms with Crippen LogP contribution < -0.4 is 26.9 Å². The summed E-state index contributed by atoms with van der Waals surface area (Å²) in [5.41, 5.74) is 0.999. The van der Waals surface area contributed by atoms with Gasteiger partial charge in [0, 0.05) is 0 Å². The first-order valence-corrected chi connectivity index (χ1v) is 19.8. The van der Waals surface area contributed by atoms with Crippen LogP contribution in [-0.4, -0.2) is 125 Å². The van der Waals surface area contributed by atoms with E-state index < -0.39 is 77.4 Å².